The summed E-state index contributed by atoms with van der Waals surface area (Å²) < 4.78 is 5.51. The van der Waals surface area contributed by atoms with Crippen molar-refractivity contribution in [1.29, 1.82) is 0 Å². The number of nitrogen functional groups attached to an aromatic ring is 1. The number of halogens is 1. The van der Waals surface area contributed by atoms with Crippen molar-refractivity contribution in [3.05, 3.63) is 34.5 Å². The van der Waals surface area contributed by atoms with Gasteiger partial charge in [0.1, 0.15) is 0 Å². The maximum Gasteiger partial charge on any atom is 0.239 e. The first-order valence-electron chi connectivity index (χ1n) is 4.82. The topological polar surface area (TPSA) is 111 Å². The second-order valence-electron chi connectivity index (χ2n) is 3.43. The molecule has 0 saturated heterocycles. The molecule has 3 aromatic rings. The van der Waals surface area contributed by atoms with Crippen molar-refractivity contribution in [1.82, 2.24) is 20.6 Å². The number of nitrogens with two attached hydrogens (primary N) is 1. The van der Waals surface area contributed by atoms with E-state index >= 15 is 0 Å². The lowest BCUT2D eigenvalue weighted by molar-refractivity contribution is 0.614. The quantitative estimate of drug-likeness (QED) is 0.635. The van der Waals surface area contributed by atoms with Crippen molar-refractivity contribution >= 4 is 29.1 Å². The van der Waals surface area contributed by atoms with Gasteiger partial charge in [-0.05, 0) is 17.3 Å². The first kappa shape index (κ1) is 12.1. The molecule has 2 heterocycles. The van der Waals surface area contributed by atoms with Crippen molar-refractivity contribution in [3.8, 4) is 11.6 Å². The minimum Gasteiger partial charge on any atom is -0.450 e. The van der Waals surface area contributed by atoms with Crippen LogP contribution in [-0.4, -0.2) is 20.6 Å². The minimum atomic E-state index is -0.196. The third-order valence-electron chi connectivity index (χ3n) is 2.35. The number of nitrogens with zero attached hydrogens (tertiary/aromatic N) is 3. The molecule has 2 aromatic heterocycles. The van der Waals surface area contributed by atoms with Gasteiger partial charge in [0, 0.05) is 6.07 Å². The van der Waals surface area contributed by atoms with Crippen LogP contribution in [0.25, 0.3) is 22.6 Å². The summed E-state index contributed by atoms with van der Waals surface area (Å²) in [5.74, 6) is 0.446. The molecule has 0 bridgehead atoms. The van der Waals surface area contributed by atoms with Crippen molar-refractivity contribution in [2.75, 3.05) is 5.73 Å². The zero-order chi connectivity index (χ0) is 11.8. The smallest absolute Gasteiger partial charge is 0.239 e. The largest absolute Gasteiger partial charge is 0.450 e. The van der Waals surface area contributed by atoms with E-state index in [4.69, 9.17) is 10.2 Å². The third kappa shape index (κ3) is 1.80. The van der Waals surface area contributed by atoms with E-state index in [0.717, 1.165) is 0 Å². The van der Waals surface area contributed by atoms with Gasteiger partial charge < -0.3 is 10.2 Å². The van der Waals surface area contributed by atoms with Crippen LogP contribution in [0.3, 0.4) is 0 Å². The Morgan fingerprint density at radius 3 is 2.89 bits per heavy atom. The Hall–Kier alpha value is -2.41. The predicted octanol–water partition coefficient (Wildman–Crippen LogP) is 0.977. The molecule has 1 aromatic carbocycles. The molecule has 0 unspecified atom stereocenters. The van der Waals surface area contributed by atoms with Gasteiger partial charge in [0.05, 0.1) is 11.1 Å². The Labute approximate surface area is 106 Å². The number of fused-ring (bicyclic) bond motifs is 1. The van der Waals surface area contributed by atoms with Crippen LogP contribution in [0.5, 0.6) is 0 Å². The van der Waals surface area contributed by atoms with Crippen LogP contribution in [0.2, 0.25) is 0 Å². The highest BCUT2D eigenvalue weighted by Gasteiger charge is 2.11. The lowest BCUT2D eigenvalue weighted by Gasteiger charge is -2.01. The number of nitrogens with one attached hydrogen (secondary N) is 1. The fourth-order valence-corrected chi connectivity index (χ4v) is 1.58. The number of para-hydroxylation sites is 1. The summed E-state index contributed by atoms with van der Waals surface area (Å²) in [6, 6.07) is 6.32. The van der Waals surface area contributed by atoms with Gasteiger partial charge in [-0.25, -0.2) is 0 Å². The van der Waals surface area contributed by atoms with Crippen LogP contribution >= 0.6 is 12.4 Å². The maximum absolute atomic E-state index is 11.8. The fourth-order valence-electron chi connectivity index (χ4n) is 1.58. The van der Waals surface area contributed by atoms with Crippen molar-refractivity contribution < 1.29 is 4.42 Å². The number of aromatic amines is 1. The molecular formula is C10H8ClN5O2. The summed E-state index contributed by atoms with van der Waals surface area (Å²) in [5.41, 5.74) is 6.28. The lowest BCUT2D eigenvalue weighted by Crippen LogP contribution is -2.02. The molecule has 0 fully saturated rings. The molecule has 0 spiro atoms. The summed E-state index contributed by atoms with van der Waals surface area (Å²) in [7, 11) is 0. The molecule has 18 heavy (non-hydrogen) atoms. The lowest BCUT2D eigenvalue weighted by atomic mass is 10.2. The van der Waals surface area contributed by atoms with Crippen LogP contribution in [0.1, 0.15) is 0 Å². The second kappa shape index (κ2) is 4.46. The fraction of sp³-hybridized carbons (Fsp3) is 0. The molecule has 0 saturated carbocycles. The van der Waals surface area contributed by atoms with Gasteiger partial charge in [-0.15, -0.1) is 22.6 Å². The van der Waals surface area contributed by atoms with Gasteiger partial charge in [0.2, 0.25) is 5.82 Å². The summed E-state index contributed by atoms with van der Waals surface area (Å²) in [5, 5.41) is 13.6. The Morgan fingerprint density at radius 1 is 1.33 bits per heavy atom. The van der Waals surface area contributed by atoms with Crippen LogP contribution in [0, 0.1) is 0 Å². The molecule has 8 heteroatoms. The van der Waals surface area contributed by atoms with E-state index in [2.05, 4.69) is 20.6 Å². The summed E-state index contributed by atoms with van der Waals surface area (Å²) in [6.07, 6.45) is 0. The number of rotatable bonds is 1. The highest BCUT2D eigenvalue weighted by Crippen LogP contribution is 2.22. The average molecular weight is 266 g/mol. The predicted molar refractivity (Wildman–Crippen MR) is 67.3 cm³/mol. The van der Waals surface area contributed by atoms with Crippen molar-refractivity contribution in [2.45, 2.75) is 0 Å². The van der Waals surface area contributed by atoms with Gasteiger partial charge in [-0.1, -0.05) is 6.07 Å². The average Bonchev–Trinajstić information content (AvgIpc) is 2.84. The highest BCUT2D eigenvalue weighted by atomic mass is 35.5. The Kier molecular flexibility index (Phi) is 2.99. The standard InChI is InChI=1S/C10H7N5O2.ClH/c11-6-3-1-2-5-7(16)4-8(17-9(5)6)10-12-14-15-13-10;/h1-4H,11H2,(H,12,13,14,15);1H. The number of hydrogen-bond acceptors (Lipinski definition) is 6. The van der Waals surface area contributed by atoms with Crippen LogP contribution in [0.4, 0.5) is 5.69 Å². The van der Waals surface area contributed by atoms with Crippen molar-refractivity contribution in [3.63, 3.8) is 0 Å². The SMILES string of the molecule is Cl.Nc1cccc2c(=O)cc(-c3nn[nH]n3)oc12. The Balaban J connectivity index is 0.00000120. The Morgan fingerprint density at radius 2 is 2.17 bits per heavy atom. The molecule has 7 nitrogen and oxygen atoms in total. The Bertz CT molecular complexity index is 738. The van der Waals surface area contributed by atoms with E-state index in [-0.39, 0.29) is 29.4 Å². The van der Waals surface area contributed by atoms with Gasteiger partial charge in [-0.3, -0.25) is 4.79 Å². The van der Waals surface area contributed by atoms with Gasteiger partial charge >= 0.3 is 0 Å². The third-order valence-corrected chi connectivity index (χ3v) is 2.35. The molecule has 0 aliphatic rings. The number of benzene rings is 1. The minimum absolute atomic E-state index is 0. The number of aromatic nitrogens is 4. The highest BCUT2D eigenvalue weighted by molar-refractivity contribution is 5.88. The van der Waals surface area contributed by atoms with Crippen LogP contribution < -0.4 is 11.2 Å². The summed E-state index contributed by atoms with van der Waals surface area (Å²) in [6.45, 7) is 0. The molecule has 0 amide bonds. The van der Waals surface area contributed by atoms with E-state index in [9.17, 15) is 4.79 Å². The molecule has 0 aliphatic heterocycles. The first-order chi connectivity index (χ1) is 8.25. The first-order valence-corrected chi connectivity index (χ1v) is 4.82. The maximum atomic E-state index is 11.8. The number of hydrogen-bond donors (Lipinski definition) is 2. The molecule has 0 radical (unpaired) electrons. The van der Waals surface area contributed by atoms with Gasteiger partial charge in [0.15, 0.2) is 16.8 Å². The number of tetrazole rings is 1. The van der Waals surface area contributed by atoms with E-state index in [1.807, 2.05) is 0 Å². The molecular weight excluding hydrogens is 258 g/mol. The monoisotopic (exact) mass is 265 g/mol. The van der Waals surface area contributed by atoms with E-state index < -0.39 is 0 Å². The zero-order valence-corrected chi connectivity index (χ0v) is 9.77. The van der Waals surface area contributed by atoms with Gasteiger partial charge in [-0.2, -0.15) is 5.21 Å². The van der Waals surface area contributed by atoms with E-state index in [0.29, 0.717) is 16.7 Å². The molecule has 3 rings (SSSR count). The van der Waals surface area contributed by atoms with E-state index in [1.54, 1.807) is 18.2 Å². The molecule has 92 valence electrons. The van der Waals surface area contributed by atoms with Crippen molar-refractivity contribution in [2.24, 2.45) is 0 Å². The summed E-state index contributed by atoms with van der Waals surface area (Å²) >= 11 is 0. The van der Waals surface area contributed by atoms with Crippen LogP contribution in [-0.2, 0) is 0 Å². The molecule has 0 aliphatic carbocycles. The zero-order valence-electron chi connectivity index (χ0n) is 8.95. The normalized spacial score (nSPS) is 10.2. The van der Waals surface area contributed by atoms with Gasteiger partial charge in [0.25, 0.3) is 0 Å². The number of H-pyrrole nitrogens is 1. The number of anilines is 1. The van der Waals surface area contributed by atoms with E-state index in [1.165, 1.54) is 6.07 Å². The second-order valence-corrected chi connectivity index (χ2v) is 3.43. The summed E-state index contributed by atoms with van der Waals surface area (Å²) in [4.78, 5) is 11.8. The molecule has 3 N–H and O–H groups in total. The molecule has 0 atom stereocenters. The van der Waals surface area contributed by atoms with Crippen LogP contribution in [0.15, 0.2) is 33.5 Å².